The Hall–Kier alpha value is -3.32. The third-order valence-corrected chi connectivity index (χ3v) is 5.98. The van der Waals surface area contributed by atoms with Crippen LogP contribution in [0.15, 0.2) is 41.3 Å². The van der Waals surface area contributed by atoms with Crippen molar-refractivity contribution in [2.24, 2.45) is 0 Å². The van der Waals surface area contributed by atoms with Gasteiger partial charge in [-0.2, -0.15) is 23.5 Å². The maximum atomic E-state index is 13.5. The van der Waals surface area contributed by atoms with Gasteiger partial charge >= 0.3 is 6.18 Å². The topological polar surface area (TPSA) is 98.5 Å². The highest BCUT2D eigenvalue weighted by Crippen LogP contribution is 2.39. The van der Waals surface area contributed by atoms with E-state index in [4.69, 9.17) is 0 Å². The molecule has 0 spiro atoms. The van der Waals surface area contributed by atoms with Crippen molar-refractivity contribution in [2.45, 2.75) is 63.3 Å². The second-order valence-corrected chi connectivity index (χ2v) is 8.72. The van der Waals surface area contributed by atoms with Gasteiger partial charge in [0.15, 0.2) is 5.82 Å². The van der Waals surface area contributed by atoms with Crippen molar-refractivity contribution in [1.29, 1.82) is 5.26 Å². The smallest absolute Gasteiger partial charge is 0.338 e. The molecule has 2 heterocycles. The molecule has 3 aromatic rings. The van der Waals surface area contributed by atoms with Crippen molar-refractivity contribution in [3.8, 4) is 6.07 Å². The third-order valence-electron chi connectivity index (χ3n) is 5.98. The first-order chi connectivity index (χ1) is 15.6. The molecule has 0 radical (unpaired) electrons. The molecule has 1 fully saturated rings. The molecule has 1 atom stereocenters. The molecular formula is C23H25F3N6O. The van der Waals surface area contributed by atoms with Crippen LogP contribution >= 0.6 is 0 Å². The van der Waals surface area contributed by atoms with E-state index in [1.165, 1.54) is 30.5 Å². The molecule has 33 heavy (non-hydrogen) atoms. The lowest BCUT2D eigenvalue weighted by atomic mass is 10.00. The van der Waals surface area contributed by atoms with Crippen LogP contribution < -0.4 is 16.2 Å². The summed E-state index contributed by atoms with van der Waals surface area (Å²) in [6.45, 7) is 3.32. The minimum atomic E-state index is -4.44. The molecular weight excluding hydrogens is 433 g/mol. The number of pyridine rings is 1. The van der Waals surface area contributed by atoms with Gasteiger partial charge in [-0.05, 0) is 49.4 Å². The third kappa shape index (κ3) is 4.33. The first-order valence-electron chi connectivity index (χ1n) is 10.9. The number of nitrogens with zero attached hydrogens (tertiary/aromatic N) is 3. The molecule has 1 unspecified atom stereocenters. The molecule has 0 amide bonds. The number of aromatic amines is 1. The summed E-state index contributed by atoms with van der Waals surface area (Å²) in [5.41, 5.74) is -0.0687. The van der Waals surface area contributed by atoms with E-state index in [9.17, 15) is 23.2 Å². The molecule has 7 nitrogen and oxygen atoms in total. The molecule has 2 aromatic heterocycles. The number of alkyl halides is 3. The largest absolute Gasteiger partial charge is 0.407 e. The maximum absolute atomic E-state index is 13.5. The summed E-state index contributed by atoms with van der Waals surface area (Å²) < 4.78 is 42.1. The van der Waals surface area contributed by atoms with Crippen LogP contribution in [0.1, 0.15) is 51.1 Å². The fourth-order valence-corrected chi connectivity index (χ4v) is 4.43. The molecule has 4 rings (SSSR count). The van der Waals surface area contributed by atoms with E-state index in [2.05, 4.69) is 26.8 Å². The summed E-state index contributed by atoms with van der Waals surface area (Å²) in [7, 11) is 0. The zero-order valence-electron chi connectivity index (χ0n) is 18.3. The van der Waals surface area contributed by atoms with Crippen LogP contribution in [0.4, 0.5) is 24.7 Å². The Morgan fingerprint density at radius 1 is 1.18 bits per heavy atom. The molecule has 10 heteroatoms. The lowest BCUT2D eigenvalue weighted by molar-refractivity contribution is -0.159. The van der Waals surface area contributed by atoms with Gasteiger partial charge in [0.2, 0.25) is 0 Å². The molecule has 174 valence electrons. The van der Waals surface area contributed by atoms with Crippen molar-refractivity contribution in [3.05, 3.63) is 52.4 Å². The number of hydrogen-bond donors (Lipinski definition) is 3. The molecule has 1 aliphatic rings. The minimum absolute atomic E-state index is 0.0874. The highest BCUT2D eigenvalue weighted by molar-refractivity contribution is 5.91. The summed E-state index contributed by atoms with van der Waals surface area (Å²) in [6.07, 6.45) is 0.154. The van der Waals surface area contributed by atoms with E-state index in [1.54, 1.807) is 24.6 Å². The standard InChI is InChI=1S/C23H25F3N6O/c1-14(2)29-19(23(24,25)26)15-5-7-16(8-6-15)30-20-18-17(9-12-28-21(18)33)32(31-20)22(13-27)10-3-4-11-22/h5-9,12,14,19,29H,3-4,10-11H2,1-2H3,(H,28,33)(H,30,31). The van der Waals surface area contributed by atoms with Gasteiger partial charge < -0.3 is 15.6 Å². The SMILES string of the molecule is CC(C)NC(c1ccc(Nc2nn(C3(C#N)CCCC3)c3cc[nH]c(=O)c23)cc1)C(F)(F)F. The number of nitrogens with one attached hydrogen (secondary N) is 3. The number of hydrogen-bond acceptors (Lipinski definition) is 5. The van der Waals surface area contributed by atoms with Gasteiger partial charge in [0.1, 0.15) is 17.0 Å². The summed E-state index contributed by atoms with van der Waals surface area (Å²) in [6, 6.07) is 7.79. The first-order valence-corrected chi connectivity index (χ1v) is 10.9. The molecule has 1 aliphatic carbocycles. The van der Waals surface area contributed by atoms with Crippen LogP contribution in [-0.4, -0.2) is 27.0 Å². The van der Waals surface area contributed by atoms with Crippen LogP contribution in [-0.2, 0) is 5.54 Å². The van der Waals surface area contributed by atoms with E-state index in [0.29, 0.717) is 29.4 Å². The van der Waals surface area contributed by atoms with Gasteiger partial charge in [-0.1, -0.05) is 26.0 Å². The second-order valence-electron chi connectivity index (χ2n) is 8.72. The van der Waals surface area contributed by atoms with E-state index in [1.807, 2.05) is 0 Å². The Kier molecular flexibility index (Phi) is 5.93. The van der Waals surface area contributed by atoms with Crippen LogP contribution in [0.5, 0.6) is 0 Å². The Balaban J connectivity index is 1.70. The Morgan fingerprint density at radius 2 is 1.85 bits per heavy atom. The molecule has 1 aromatic carbocycles. The Morgan fingerprint density at radius 3 is 2.42 bits per heavy atom. The van der Waals surface area contributed by atoms with Gasteiger partial charge in [0, 0.05) is 17.9 Å². The van der Waals surface area contributed by atoms with E-state index >= 15 is 0 Å². The highest BCUT2D eigenvalue weighted by Gasteiger charge is 2.41. The first kappa shape index (κ1) is 22.9. The van der Waals surface area contributed by atoms with Gasteiger partial charge in [-0.25, -0.2) is 4.68 Å². The van der Waals surface area contributed by atoms with E-state index in [0.717, 1.165) is 12.8 Å². The number of anilines is 2. The summed E-state index contributed by atoms with van der Waals surface area (Å²) >= 11 is 0. The summed E-state index contributed by atoms with van der Waals surface area (Å²) in [4.78, 5) is 15.2. The lowest BCUT2D eigenvalue weighted by Crippen LogP contribution is -2.38. The number of halogens is 3. The number of rotatable bonds is 6. The van der Waals surface area contributed by atoms with Gasteiger partial charge in [-0.3, -0.25) is 4.79 Å². The Bertz CT molecular complexity index is 1230. The van der Waals surface area contributed by atoms with Crippen LogP contribution in [0.25, 0.3) is 10.9 Å². The van der Waals surface area contributed by atoms with Gasteiger partial charge in [0.25, 0.3) is 5.56 Å². The van der Waals surface area contributed by atoms with Crippen molar-refractivity contribution in [1.82, 2.24) is 20.1 Å². The minimum Gasteiger partial charge on any atom is -0.338 e. The monoisotopic (exact) mass is 458 g/mol. The average molecular weight is 458 g/mol. The van der Waals surface area contributed by atoms with Gasteiger partial charge in [-0.15, -0.1) is 0 Å². The van der Waals surface area contributed by atoms with Crippen molar-refractivity contribution in [3.63, 3.8) is 0 Å². The number of benzene rings is 1. The maximum Gasteiger partial charge on any atom is 0.407 e. The zero-order valence-corrected chi connectivity index (χ0v) is 18.3. The lowest BCUT2D eigenvalue weighted by Gasteiger charge is -2.24. The fraction of sp³-hybridized carbons (Fsp3) is 0.435. The normalized spacial score (nSPS) is 16.8. The second kappa shape index (κ2) is 8.56. The van der Waals surface area contributed by atoms with Gasteiger partial charge in [0.05, 0.1) is 11.6 Å². The molecule has 0 aliphatic heterocycles. The van der Waals surface area contributed by atoms with Crippen molar-refractivity contribution < 1.29 is 13.2 Å². The fourth-order valence-electron chi connectivity index (χ4n) is 4.43. The van der Waals surface area contributed by atoms with Crippen molar-refractivity contribution >= 4 is 22.4 Å². The molecule has 1 saturated carbocycles. The van der Waals surface area contributed by atoms with E-state index < -0.39 is 17.8 Å². The predicted octanol–water partition coefficient (Wildman–Crippen LogP) is 4.86. The van der Waals surface area contributed by atoms with Crippen LogP contribution in [0.2, 0.25) is 0 Å². The van der Waals surface area contributed by atoms with Crippen LogP contribution in [0.3, 0.4) is 0 Å². The number of aromatic nitrogens is 3. The molecule has 3 N–H and O–H groups in total. The highest BCUT2D eigenvalue weighted by atomic mass is 19.4. The summed E-state index contributed by atoms with van der Waals surface area (Å²) in [5.74, 6) is 0.258. The summed E-state index contributed by atoms with van der Waals surface area (Å²) in [5, 5.41) is 20.4. The van der Waals surface area contributed by atoms with E-state index in [-0.39, 0.29) is 23.0 Å². The molecule has 0 saturated heterocycles. The number of H-pyrrole nitrogens is 1. The average Bonchev–Trinajstić information content (AvgIpc) is 3.38. The van der Waals surface area contributed by atoms with Crippen LogP contribution in [0, 0.1) is 11.3 Å². The number of nitriles is 1. The zero-order chi connectivity index (χ0) is 23.8. The van der Waals surface area contributed by atoms with Crippen molar-refractivity contribution in [2.75, 3.05) is 5.32 Å². The number of fused-ring (bicyclic) bond motifs is 1. The predicted molar refractivity (Wildman–Crippen MR) is 119 cm³/mol. The Labute approximate surface area is 188 Å². The molecule has 0 bridgehead atoms. The quantitative estimate of drug-likeness (QED) is 0.490.